The fourth-order valence-corrected chi connectivity index (χ4v) is 5.18. The Labute approximate surface area is 197 Å². The summed E-state index contributed by atoms with van der Waals surface area (Å²) >= 11 is 0. The summed E-state index contributed by atoms with van der Waals surface area (Å²) in [6, 6.07) is 5.38. The van der Waals surface area contributed by atoms with Crippen molar-refractivity contribution < 1.29 is 39.8 Å². The number of fused-ring (bicyclic) bond motifs is 1. The smallest absolute Gasteiger partial charge is 0.254 e. The fourth-order valence-electron chi connectivity index (χ4n) is 5.18. The third kappa shape index (κ3) is 4.41. The standard InChI is InChI=1S/C24H34N2O8/c1-33-15-7-8-16-17(11-26(18(16)9-15)10-14-5-3-2-4-6-14)22(31)25-24(13-28)21(30)20(29)19(12-27)34-23(24)32/h7-9,11,14,19-21,23,27-30,32H,2-6,10,12-13H2,1H3,(H,25,31)/t19-,20-,21+,23?,24-/m1/s1. The van der Waals surface area contributed by atoms with E-state index in [2.05, 4.69) is 5.32 Å². The molecule has 10 heteroatoms. The van der Waals surface area contributed by atoms with Crippen molar-refractivity contribution in [2.45, 2.75) is 68.8 Å². The van der Waals surface area contributed by atoms with Gasteiger partial charge in [-0.1, -0.05) is 19.3 Å². The number of methoxy groups -OCH3 is 1. The van der Waals surface area contributed by atoms with Crippen LogP contribution in [0.5, 0.6) is 5.75 Å². The van der Waals surface area contributed by atoms with E-state index in [1.165, 1.54) is 19.3 Å². The van der Waals surface area contributed by atoms with Crippen LogP contribution in [0.4, 0.5) is 0 Å². The SMILES string of the molecule is COc1ccc2c(C(=O)N[C@@]3(CO)C(O)O[C@H](CO)[C@@H](O)[C@@H]3O)cn(CC3CCCCC3)c2c1. The molecular formula is C24H34N2O8. The van der Waals surface area contributed by atoms with E-state index in [0.717, 1.165) is 24.9 Å². The van der Waals surface area contributed by atoms with Gasteiger partial charge in [-0.05, 0) is 30.9 Å². The quantitative estimate of drug-likeness (QED) is 0.328. The first-order valence-corrected chi connectivity index (χ1v) is 11.8. The van der Waals surface area contributed by atoms with Crippen molar-refractivity contribution in [2.24, 2.45) is 5.92 Å². The van der Waals surface area contributed by atoms with Gasteiger partial charge in [-0.2, -0.15) is 0 Å². The van der Waals surface area contributed by atoms with Gasteiger partial charge in [-0.25, -0.2) is 0 Å². The Morgan fingerprint density at radius 2 is 1.94 bits per heavy atom. The lowest BCUT2D eigenvalue weighted by Crippen LogP contribution is -2.74. The fraction of sp³-hybridized carbons (Fsp3) is 0.625. The maximum Gasteiger partial charge on any atom is 0.254 e. The Balaban J connectivity index is 1.67. The molecule has 2 heterocycles. The van der Waals surface area contributed by atoms with E-state index in [1.807, 2.05) is 10.6 Å². The topological polar surface area (TPSA) is 154 Å². The molecule has 2 aliphatic rings. The molecule has 0 radical (unpaired) electrons. The molecular weight excluding hydrogens is 444 g/mol. The molecule has 1 saturated heterocycles. The number of aromatic nitrogens is 1. The molecule has 1 aliphatic heterocycles. The minimum Gasteiger partial charge on any atom is -0.497 e. The first kappa shape index (κ1) is 24.9. The molecule has 6 N–H and O–H groups in total. The van der Waals surface area contributed by atoms with Gasteiger partial charge in [0.2, 0.25) is 0 Å². The molecule has 2 fully saturated rings. The number of ether oxygens (including phenoxy) is 2. The monoisotopic (exact) mass is 478 g/mol. The van der Waals surface area contributed by atoms with Crippen LogP contribution in [0.3, 0.4) is 0 Å². The highest BCUT2D eigenvalue weighted by Gasteiger charge is 2.56. The number of rotatable bonds is 7. The highest BCUT2D eigenvalue weighted by Crippen LogP contribution is 2.33. The van der Waals surface area contributed by atoms with Crippen molar-refractivity contribution in [3.63, 3.8) is 0 Å². The Kier molecular flexibility index (Phi) is 7.46. The molecule has 188 valence electrons. The second kappa shape index (κ2) is 10.2. The van der Waals surface area contributed by atoms with Gasteiger partial charge in [0.1, 0.15) is 29.6 Å². The summed E-state index contributed by atoms with van der Waals surface area (Å²) < 4.78 is 12.6. The Bertz CT molecular complexity index is 1000. The lowest BCUT2D eigenvalue weighted by molar-refractivity contribution is -0.288. The number of carbonyl (C=O) groups excluding carboxylic acids is 1. The number of nitrogens with zero attached hydrogens (tertiary/aromatic N) is 1. The van der Waals surface area contributed by atoms with Gasteiger partial charge in [-0.3, -0.25) is 4.79 Å². The third-order valence-electron chi connectivity index (χ3n) is 7.28. The van der Waals surface area contributed by atoms with Crippen LogP contribution in [-0.4, -0.2) is 86.5 Å². The van der Waals surface area contributed by atoms with Crippen LogP contribution in [0.1, 0.15) is 42.5 Å². The Hall–Kier alpha value is -2.21. The summed E-state index contributed by atoms with van der Waals surface area (Å²) in [4.78, 5) is 13.4. The average Bonchev–Trinajstić information content (AvgIpc) is 3.22. The van der Waals surface area contributed by atoms with E-state index in [-0.39, 0.29) is 0 Å². The van der Waals surface area contributed by atoms with Gasteiger partial charge in [-0.15, -0.1) is 0 Å². The van der Waals surface area contributed by atoms with Gasteiger partial charge in [0.25, 0.3) is 5.91 Å². The van der Waals surface area contributed by atoms with Crippen molar-refractivity contribution in [1.29, 1.82) is 0 Å². The zero-order chi connectivity index (χ0) is 24.5. The van der Waals surface area contributed by atoms with Gasteiger partial charge in [0.15, 0.2) is 6.29 Å². The second-order valence-electron chi connectivity index (χ2n) is 9.38. The van der Waals surface area contributed by atoms with Crippen LogP contribution in [0.2, 0.25) is 0 Å². The maximum atomic E-state index is 13.4. The first-order chi connectivity index (χ1) is 16.3. The molecule has 4 rings (SSSR count). The highest BCUT2D eigenvalue weighted by molar-refractivity contribution is 6.07. The van der Waals surface area contributed by atoms with Crippen LogP contribution < -0.4 is 10.1 Å². The van der Waals surface area contributed by atoms with E-state index in [1.54, 1.807) is 25.4 Å². The van der Waals surface area contributed by atoms with E-state index in [4.69, 9.17) is 9.47 Å². The first-order valence-electron chi connectivity index (χ1n) is 11.8. The highest BCUT2D eigenvalue weighted by atomic mass is 16.6. The third-order valence-corrected chi connectivity index (χ3v) is 7.28. The minimum absolute atomic E-state index is 0.291. The summed E-state index contributed by atoms with van der Waals surface area (Å²) in [5.41, 5.74) is -0.971. The molecule has 5 atom stereocenters. The summed E-state index contributed by atoms with van der Waals surface area (Å²) in [7, 11) is 1.57. The van der Waals surface area contributed by atoms with E-state index in [9.17, 15) is 30.3 Å². The molecule has 2 aromatic rings. The Morgan fingerprint density at radius 1 is 1.21 bits per heavy atom. The number of carbonyl (C=O) groups is 1. The summed E-state index contributed by atoms with van der Waals surface area (Å²) in [5, 5.41) is 54.0. The average molecular weight is 479 g/mol. The number of amides is 1. The van der Waals surface area contributed by atoms with E-state index < -0.39 is 49.3 Å². The number of hydrogen-bond donors (Lipinski definition) is 6. The molecule has 1 aromatic heterocycles. The maximum absolute atomic E-state index is 13.4. The molecule has 1 saturated carbocycles. The summed E-state index contributed by atoms with van der Waals surface area (Å²) in [6.07, 6.45) is 1.07. The summed E-state index contributed by atoms with van der Waals surface area (Å²) in [5.74, 6) is 0.498. The van der Waals surface area contributed by atoms with Gasteiger partial charge in [0, 0.05) is 24.2 Å². The molecule has 0 bridgehead atoms. The van der Waals surface area contributed by atoms with E-state index >= 15 is 0 Å². The Morgan fingerprint density at radius 3 is 2.59 bits per heavy atom. The van der Waals surface area contributed by atoms with Crippen LogP contribution in [-0.2, 0) is 11.3 Å². The molecule has 0 spiro atoms. The largest absolute Gasteiger partial charge is 0.497 e. The van der Waals surface area contributed by atoms with Gasteiger partial charge >= 0.3 is 0 Å². The van der Waals surface area contributed by atoms with Crippen LogP contribution in [0, 0.1) is 5.92 Å². The number of hydrogen-bond acceptors (Lipinski definition) is 8. The molecule has 1 aliphatic carbocycles. The van der Waals surface area contributed by atoms with Gasteiger partial charge < -0.3 is 44.9 Å². The number of nitrogens with one attached hydrogen (secondary N) is 1. The number of aliphatic hydroxyl groups excluding tert-OH is 5. The lowest BCUT2D eigenvalue weighted by atomic mass is 9.83. The zero-order valence-electron chi connectivity index (χ0n) is 19.3. The number of aliphatic hydroxyl groups is 5. The predicted molar refractivity (Wildman–Crippen MR) is 122 cm³/mol. The van der Waals surface area contributed by atoms with Gasteiger partial charge in [0.05, 0.1) is 31.4 Å². The van der Waals surface area contributed by atoms with Crippen LogP contribution in [0.15, 0.2) is 24.4 Å². The molecule has 1 unspecified atom stereocenters. The minimum atomic E-state index is -2.08. The predicted octanol–water partition coefficient (Wildman–Crippen LogP) is 0.122. The lowest BCUT2D eigenvalue weighted by Gasteiger charge is -2.48. The van der Waals surface area contributed by atoms with E-state index in [0.29, 0.717) is 22.6 Å². The summed E-state index contributed by atoms with van der Waals surface area (Å²) in [6.45, 7) is -0.806. The zero-order valence-corrected chi connectivity index (χ0v) is 19.3. The number of benzene rings is 1. The van der Waals surface area contributed by atoms with Crippen molar-refractivity contribution in [3.8, 4) is 5.75 Å². The molecule has 34 heavy (non-hydrogen) atoms. The molecule has 1 amide bonds. The van der Waals surface area contributed by atoms with Crippen molar-refractivity contribution in [3.05, 3.63) is 30.0 Å². The molecule has 10 nitrogen and oxygen atoms in total. The van der Waals surface area contributed by atoms with Crippen molar-refractivity contribution >= 4 is 16.8 Å². The molecule has 1 aromatic carbocycles. The van der Waals surface area contributed by atoms with Crippen LogP contribution in [0.25, 0.3) is 10.9 Å². The van der Waals surface area contributed by atoms with Crippen LogP contribution >= 0.6 is 0 Å². The normalized spacial score (nSPS) is 30.4. The van der Waals surface area contributed by atoms with Crippen molar-refractivity contribution in [1.82, 2.24) is 9.88 Å². The van der Waals surface area contributed by atoms with Crippen molar-refractivity contribution in [2.75, 3.05) is 20.3 Å². The second-order valence-corrected chi connectivity index (χ2v) is 9.38.